The Bertz CT molecular complexity index is 672. The van der Waals surface area contributed by atoms with Crippen molar-refractivity contribution < 1.29 is 23.1 Å². The molecule has 0 amide bonds. The van der Waals surface area contributed by atoms with Crippen molar-refractivity contribution in [2.24, 2.45) is 0 Å². The topological polar surface area (TPSA) is 62.2 Å². The van der Waals surface area contributed by atoms with E-state index in [1.165, 1.54) is 24.4 Å². The van der Waals surface area contributed by atoms with Gasteiger partial charge in [-0.25, -0.2) is 9.78 Å². The lowest BCUT2D eigenvalue weighted by atomic mass is 10.2. The molecule has 21 heavy (non-hydrogen) atoms. The Morgan fingerprint density at radius 1 is 1.24 bits per heavy atom. The molecule has 8 heteroatoms. The number of carboxylic acid groups (broad SMARTS) is 1. The number of hydrogen-bond acceptors (Lipinski definition) is 3. The average molecular weight is 361 g/mol. The van der Waals surface area contributed by atoms with E-state index in [2.05, 4.69) is 26.2 Å². The zero-order chi connectivity index (χ0) is 15.6. The summed E-state index contributed by atoms with van der Waals surface area (Å²) in [5.41, 5.74) is -0.570. The fourth-order valence-electron chi connectivity index (χ4n) is 1.58. The van der Waals surface area contributed by atoms with Gasteiger partial charge in [0.1, 0.15) is 11.4 Å². The van der Waals surface area contributed by atoms with Crippen molar-refractivity contribution in [2.75, 3.05) is 5.32 Å². The Labute approximate surface area is 125 Å². The van der Waals surface area contributed by atoms with Gasteiger partial charge in [-0.05, 0) is 46.3 Å². The minimum Gasteiger partial charge on any atom is -0.478 e. The maximum Gasteiger partial charge on any atom is 0.416 e. The number of anilines is 2. The van der Waals surface area contributed by atoms with Crippen LogP contribution in [0.4, 0.5) is 24.7 Å². The number of pyridine rings is 1. The maximum atomic E-state index is 12.4. The molecule has 0 aliphatic heterocycles. The summed E-state index contributed by atoms with van der Waals surface area (Å²) in [7, 11) is 0. The molecule has 0 saturated carbocycles. The normalized spacial score (nSPS) is 11.2. The second-order valence-electron chi connectivity index (χ2n) is 4.05. The molecule has 4 nitrogen and oxygen atoms in total. The minimum absolute atomic E-state index is 0.0467. The van der Waals surface area contributed by atoms with Crippen LogP contribution in [-0.4, -0.2) is 16.1 Å². The van der Waals surface area contributed by atoms with Crippen molar-refractivity contribution >= 4 is 33.4 Å². The molecule has 2 N–H and O–H groups in total. The summed E-state index contributed by atoms with van der Waals surface area (Å²) in [6, 6.07) is 5.57. The van der Waals surface area contributed by atoms with Crippen molar-refractivity contribution in [3.05, 3.63) is 52.1 Å². The van der Waals surface area contributed by atoms with Crippen LogP contribution in [0.25, 0.3) is 0 Å². The average Bonchev–Trinajstić information content (AvgIpc) is 2.40. The number of nitrogens with one attached hydrogen (secondary N) is 1. The highest BCUT2D eigenvalue weighted by Gasteiger charge is 2.29. The van der Waals surface area contributed by atoms with Crippen LogP contribution < -0.4 is 5.32 Å². The van der Waals surface area contributed by atoms with Crippen LogP contribution in [0.1, 0.15) is 15.9 Å². The summed E-state index contributed by atoms with van der Waals surface area (Å²) in [4.78, 5) is 15.0. The first kappa shape index (κ1) is 15.3. The van der Waals surface area contributed by atoms with E-state index in [-0.39, 0.29) is 11.4 Å². The fraction of sp³-hybridized carbons (Fsp3) is 0.0769. The Balaban J connectivity index is 2.28. The summed E-state index contributed by atoms with van der Waals surface area (Å²) in [6.45, 7) is 0. The quantitative estimate of drug-likeness (QED) is 0.856. The molecule has 0 atom stereocenters. The monoisotopic (exact) mass is 360 g/mol. The van der Waals surface area contributed by atoms with Gasteiger partial charge in [0.25, 0.3) is 0 Å². The van der Waals surface area contributed by atoms with Crippen molar-refractivity contribution in [2.45, 2.75) is 6.18 Å². The SMILES string of the molecule is O=C(O)c1cc(Br)cnc1Nc1ccc(C(F)(F)F)cc1. The molecule has 0 unspecified atom stereocenters. The fourth-order valence-corrected chi connectivity index (χ4v) is 1.91. The molecule has 0 fully saturated rings. The maximum absolute atomic E-state index is 12.4. The third kappa shape index (κ3) is 3.72. The van der Waals surface area contributed by atoms with Gasteiger partial charge in [-0.3, -0.25) is 0 Å². The second-order valence-corrected chi connectivity index (χ2v) is 4.97. The molecule has 0 spiro atoms. The molecule has 0 saturated heterocycles. The molecule has 110 valence electrons. The van der Waals surface area contributed by atoms with E-state index in [0.717, 1.165) is 12.1 Å². The molecule has 0 radical (unpaired) electrons. The number of aromatic carboxylic acids is 1. The first-order valence-corrected chi connectivity index (χ1v) is 6.40. The van der Waals surface area contributed by atoms with Crippen molar-refractivity contribution in [1.29, 1.82) is 0 Å². The molecular weight excluding hydrogens is 353 g/mol. The molecule has 1 heterocycles. The van der Waals surface area contributed by atoms with E-state index >= 15 is 0 Å². The molecule has 0 bridgehead atoms. The van der Waals surface area contributed by atoms with Gasteiger partial charge < -0.3 is 10.4 Å². The van der Waals surface area contributed by atoms with Gasteiger partial charge in [-0.2, -0.15) is 13.2 Å². The Kier molecular flexibility index (Phi) is 4.17. The Morgan fingerprint density at radius 3 is 2.38 bits per heavy atom. The summed E-state index contributed by atoms with van der Waals surface area (Å²) < 4.78 is 37.8. The third-order valence-electron chi connectivity index (χ3n) is 2.56. The lowest BCUT2D eigenvalue weighted by Crippen LogP contribution is -2.06. The van der Waals surface area contributed by atoms with Crippen LogP contribution in [0, 0.1) is 0 Å². The van der Waals surface area contributed by atoms with E-state index in [9.17, 15) is 18.0 Å². The van der Waals surface area contributed by atoms with Gasteiger partial charge in [0.05, 0.1) is 5.56 Å². The first-order valence-electron chi connectivity index (χ1n) is 5.60. The van der Waals surface area contributed by atoms with E-state index in [1.807, 2.05) is 0 Å². The van der Waals surface area contributed by atoms with E-state index in [4.69, 9.17) is 5.11 Å². The molecule has 1 aromatic carbocycles. The number of aromatic nitrogens is 1. The van der Waals surface area contributed by atoms with Crippen LogP contribution >= 0.6 is 15.9 Å². The van der Waals surface area contributed by atoms with E-state index in [1.54, 1.807) is 0 Å². The largest absolute Gasteiger partial charge is 0.478 e. The summed E-state index contributed by atoms with van der Waals surface area (Å²) in [5, 5.41) is 11.7. The summed E-state index contributed by atoms with van der Waals surface area (Å²) in [6.07, 6.45) is -3.03. The standard InChI is InChI=1S/C13H8BrF3N2O2/c14-8-5-10(12(20)21)11(18-6-8)19-9-3-1-7(2-4-9)13(15,16)17/h1-6H,(H,18,19)(H,20,21). The first-order chi connectivity index (χ1) is 9.77. The van der Waals surface area contributed by atoms with Gasteiger partial charge >= 0.3 is 12.1 Å². The smallest absolute Gasteiger partial charge is 0.416 e. The van der Waals surface area contributed by atoms with Crippen LogP contribution in [0.5, 0.6) is 0 Å². The highest BCUT2D eigenvalue weighted by atomic mass is 79.9. The van der Waals surface area contributed by atoms with Crippen molar-refractivity contribution in [1.82, 2.24) is 4.98 Å². The number of rotatable bonds is 3. The number of carbonyl (C=O) groups is 1. The van der Waals surface area contributed by atoms with Crippen LogP contribution in [0.15, 0.2) is 41.0 Å². The highest BCUT2D eigenvalue weighted by Crippen LogP contribution is 2.30. The van der Waals surface area contributed by atoms with Crippen molar-refractivity contribution in [3.63, 3.8) is 0 Å². The molecule has 2 rings (SSSR count). The lowest BCUT2D eigenvalue weighted by Gasteiger charge is -2.10. The number of benzene rings is 1. The Morgan fingerprint density at radius 2 is 1.86 bits per heavy atom. The minimum atomic E-state index is -4.42. The van der Waals surface area contributed by atoms with Crippen LogP contribution in [0.3, 0.4) is 0 Å². The Hall–Kier alpha value is -2.09. The number of nitrogens with zero attached hydrogens (tertiary/aromatic N) is 1. The molecule has 0 aliphatic rings. The van der Waals surface area contributed by atoms with Gasteiger partial charge in [-0.1, -0.05) is 0 Å². The lowest BCUT2D eigenvalue weighted by molar-refractivity contribution is -0.137. The molecule has 2 aromatic rings. The zero-order valence-electron chi connectivity index (χ0n) is 10.3. The van der Waals surface area contributed by atoms with E-state index < -0.39 is 17.7 Å². The summed E-state index contributed by atoms with van der Waals surface area (Å²) >= 11 is 3.10. The van der Waals surface area contributed by atoms with E-state index in [0.29, 0.717) is 10.2 Å². The van der Waals surface area contributed by atoms with Gasteiger partial charge in [0.2, 0.25) is 0 Å². The van der Waals surface area contributed by atoms with Crippen LogP contribution in [-0.2, 0) is 6.18 Å². The number of hydrogen-bond donors (Lipinski definition) is 2. The summed E-state index contributed by atoms with van der Waals surface area (Å²) in [5.74, 6) is -1.15. The number of alkyl halides is 3. The second kappa shape index (κ2) is 5.72. The predicted octanol–water partition coefficient (Wildman–Crippen LogP) is 4.30. The number of carboxylic acids is 1. The van der Waals surface area contributed by atoms with Crippen LogP contribution in [0.2, 0.25) is 0 Å². The number of halogens is 4. The van der Waals surface area contributed by atoms with Crippen molar-refractivity contribution in [3.8, 4) is 0 Å². The van der Waals surface area contributed by atoms with Gasteiger partial charge in [0, 0.05) is 16.4 Å². The highest BCUT2D eigenvalue weighted by molar-refractivity contribution is 9.10. The molecular formula is C13H8BrF3N2O2. The zero-order valence-corrected chi connectivity index (χ0v) is 11.9. The van der Waals surface area contributed by atoms with Gasteiger partial charge in [0.15, 0.2) is 0 Å². The third-order valence-corrected chi connectivity index (χ3v) is 2.99. The molecule has 1 aromatic heterocycles. The predicted molar refractivity (Wildman–Crippen MR) is 73.6 cm³/mol. The molecule has 0 aliphatic carbocycles. The van der Waals surface area contributed by atoms with Gasteiger partial charge in [-0.15, -0.1) is 0 Å².